The molecule has 1 aliphatic rings. The Morgan fingerprint density at radius 3 is 2.41 bits per heavy atom. The Balaban J connectivity index is 1.74. The number of benzene rings is 3. The molecule has 3 aromatic carbocycles. The van der Waals surface area contributed by atoms with Crippen molar-refractivity contribution in [3.8, 4) is 11.3 Å². The van der Waals surface area contributed by atoms with E-state index in [1.165, 1.54) is 11.1 Å². The van der Waals surface area contributed by atoms with Crippen LogP contribution in [0.2, 0.25) is 0 Å². The average Bonchev–Trinajstić information content (AvgIpc) is 2.69. The van der Waals surface area contributed by atoms with Gasteiger partial charge in [0.1, 0.15) is 0 Å². The summed E-state index contributed by atoms with van der Waals surface area (Å²) in [6, 6.07) is 20.0. The summed E-state index contributed by atoms with van der Waals surface area (Å²) in [5.41, 5.74) is 7.70. The van der Waals surface area contributed by atoms with E-state index >= 15 is 0 Å². The van der Waals surface area contributed by atoms with E-state index in [-0.39, 0.29) is 5.78 Å². The predicted molar refractivity (Wildman–Crippen MR) is 110 cm³/mol. The fourth-order valence-electron chi connectivity index (χ4n) is 3.93. The van der Waals surface area contributed by atoms with Crippen LogP contribution in [0.25, 0.3) is 22.0 Å². The molecule has 0 unspecified atom stereocenters. The fraction of sp³-hybridized carbons (Fsp3) is 0.0833. The molecule has 130 valence electrons. The van der Waals surface area contributed by atoms with E-state index in [9.17, 15) is 4.79 Å². The molecule has 0 atom stereocenters. The number of carbonyl (C=O) groups is 1. The maximum atomic E-state index is 13.0. The minimum absolute atomic E-state index is 0.0640. The maximum absolute atomic E-state index is 13.0. The Morgan fingerprint density at radius 1 is 0.815 bits per heavy atom. The summed E-state index contributed by atoms with van der Waals surface area (Å²) in [5.74, 6) is 0.0640. The number of ketones is 1. The molecular weight excluding hydrogens is 332 g/mol. The van der Waals surface area contributed by atoms with Gasteiger partial charge in [0.2, 0.25) is 0 Å². The van der Waals surface area contributed by atoms with Crippen LogP contribution in [0.5, 0.6) is 0 Å². The molecule has 1 N–H and O–H groups in total. The van der Waals surface area contributed by atoms with Gasteiger partial charge in [-0.05, 0) is 43.7 Å². The van der Waals surface area contributed by atoms with E-state index in [1.54, 1.807) is 0 Å². The topological polar surface area (TPSA) is 42.0 Å². The molecule has 1 aromatic heterocycles. The number of aryl methyl sites for hydroxylation is 2. The quantitative estimate of drug-likeness (QED) is 0.437. The van der Waals surface area contributed by atoms with Crippen molar-refractivity contribution in [2.45, 2.75) is 13.8 Å². The molecule has 3 nitrogen and oxygen atoms in total. The van der Waals surface area contributed by atoms with Crippen molar-refractivity contribution in [3.63, 3.8) is 0 Å². The molecule has 3 heteroatoms. The largest absolute Gasteiger partial charge is 0.355 e. The zero-order valence-corrected chi connectivity index (χ0v) is 15.2. The second kappa shape index (κ2) is 5.78. The highest BCUT2D eigenvalue weighted by Gasteiger charge is 2.26. The number of nitrogens with one attached hydrogen (secondary N) is 1. The van der Waals surface area contributed by atoms with Crippen molar-refractivity contribution >= 4 is 27.9 Å². The summed E-state index contributed by atoms with van der Waals surface area (Å²) in [7, 11) is 0. The van der Waals surface area contributed by atoms with Gasteiger partial charge in [0, 0.05) is 45.0 Å². The van der Waals surface area contributed by atoms with Crippen molar-refractivity contribution in [2.24, 2.45) is 0 Å². The molecule has 1 aliphatic carbocycles. The summed E-state index contributed by atoms with van der Waals surface area (Å²) in [6.45, 7) is 4.19. The van der Waals surface area contributed by atoms with Crippen LogP contribution in [-0.4, -0.2) is 10.8 Å². The van der Waals surface area contributed by atoms with Crippen molar-refractivity contribution in [3.05, 3.63) is 89.1 Å². The van der Waals surface area contributed by atoms with Gasteiger partial charge in [0.05, 0.1) is 5.69 Å². The number of nitrogens with zero attached hydrogens (tertiary/aromatic N) is 1. The molecule has 0 bridgehead atoms. The van der Waals surface area contributed by atoms with E-state index in [0.29, 0.717) is 0 Å². The van der Waals surface area contributed by atoms with Gasteiger partial charge in [-0.1, -0.05) is 42.0 Å². The first-order chi connectivity index (χ1) is 13.1. The van der Waals surface area contributed by atoms with E-state index in [2.05, 4.69) is 42.3 Å². The second-order valence-corrected chi connectivity index (χ2v) is 7.06. The summed E-state index contributed by atoms with van der Waals surface area (Å²) < 4.78 is 0. The van der Waals surface area contributed by atoms with Crippen LogP contribution in [0, 0.1) is 13.8 Å². The number of anilines is 2. The smallest absolute Gasteiger partial charge is 0.194 e. The lowest BCUT2D eigenvalue weighted by Crippen LogP contribution is -2.11. The fourth-order valence-corrected chi connectivity index (χ4v) is 3.93. The van der Waals surface area contributed by atoms with Crippen molar-refractivity contribution in [1.82, 2.24) is 4.98 Å². The van der Waals surface area contributed by atoms with E-state index in [1.807, 2.05) is 48.7 Å². The summed E-state index contributed by atoms with van der Waals surface area (Å²) >= 11 is 0. The molecule has 1 heterocycles. The van der Waals surface area contributed by atoms with Gasteiger partial charge in [-0.25, -0.2) is 0 Å². The molecule has 0 spiro atoms. The van der Waals surface area contributed by atoms with E-state index < -0.39 is 0 Å². The first kappa shape index (κ1) is 15.8. The molecular formula is C24H18N2O. The highest BCUT2D eigenvalue weighted by atomic mass is 16.1. The van der Waals surface area contributed by atoms with Crippen molar-refractivity contribution in [1.29, 1.82) is 0 Å². The number of pyridine rings is 1. The minimum Gasteiger partial charge on any atom is -0.355 e. The number of aromatic nitrogens is 1. The third kappa shape index (κ3) is 2.36. The van der Waals surface area contributed by atoms with Gasteiger partial charge in [-0.3, -0.25) is 9.78 Å². The molecule has 0 radical (unpaired) electrons. The second-order valence-electron chi connectivity index (χ2n) is 7.06. The van der Waals surface area contributed by atoms with Crippen molar-refractivity contribution < 1.29 is 4.79 Å². The number of carbonyl (C=O) groups excluding carboxylic acids is 1. The zero-order valence-electron chi connectivity index (χ0n) is 15.2. The minimum atomic E-state index is 0.0640. The molecule has 27 heavy (non-hydrogen) atoms. The zero-order chi connectivity index (χ0) is 18.5. The predicted octanol–water partition coefficient (Wildman–Crippen LogP) is 5.81. The van der Waals surface area contributed by atoms with Gasteiger partial charge in [0.15, 0.2) is 5.78 Å². The van der Waals surface area contributed by atoms with Crippen LogP contribution in [-0.2, 0) is 0 Å². The van der Waals surface area contributed by atoms with Crippen LogP contribution in [0.1, 0.15) is 27.0 Å². The van der Waals surface area contributed by atoms with E-state index in [0.717, 1.165) is 44.5 Å². The molecule has 5 rings (SSSR count). The van der Waals surface area contributed by atoms with Crippen LogP contribution in [0.4, 0.5) is 11.4 Å². The standard InChI is InChI=1S/C24H18N2O/c1-14-7-9-20(15(2)13-14)26-21-10-8-19-22-18(21)11-12-25-23(22)16-5-3-4-6-17(16)24(19)27/h3-13,26H,1-2H3. The van der Waals surface area contributed by atoms with Crippen LogP contribution in [0.15, 0.2) is 66.9 Å². The molecule has 0 fully saturated rings. The molecule has 0 amide bonds. The summed E-state index contributed by atoms with van der Waals surface area (Å²) in [6.07, 6.45) is 1.82. The normalized spacial score (nSPS) is 12.1. The Labute approximate surface area is 157 Å². The Hall–Kier alpha value is -3.46. The lowest BCUT2D eigenvalue weighted by atomic mass is 9.85. The SMILES string of the molecule is Cc1ccc(Nc2ccc3c4c(nccc24)-c2ccccc2C3=O)c(C)c1. The highest BCUT2D eigenvalue weighted by Crippen LogP contribution is 2.41. The van der Waals surface area contributed by atoms with Crippen LogP contribution < -0.4 is 5.32 Å². The maximum Gasteiger partial charge on any atom is 0.194 e. The third-order valence-electron chi connectivity index (χ3n) is 5.25. The van der Waals surface area contributed by atoms with Gasteiger partial charge in [-0.2, -0.15) is 0 Å². The molecule has 0 aliphatic heterocycles. The van der Waals surface area contributed by atoms with Gasteiger partial charge < -0.3 is 5.32 Å². The molecule has 0 saturated heterocycles. The Bertz CT molecular complexity index is 1240. The van der Waals surface area contributed by atoms with Crippen molar-refractivity contribution in [2.75, 3.05) is 5.32 Å². The number of fused-ring (bicyclic) bond motifs is 2. The monoisotopic (exact) mass is 350 g/mol. The third-order valence-corrected chi connectivity index (χ3v) is 5.25. The Kier molecular flexibility index (Phi) is 3.37. The first-order valence-electron chi connectivity index (χ1n) is 9.03. The number of rotatable bonds is 2. The lowest BCUT2D eigenvalue weighted by Gasteiger charge is -2.21. The number of hydrogen-bond donors (Lipinski definition) is 1. The summed E-state index contributed by atoms with van der Waals surface area (Å²) in [4.78, 5) is 17.6. The lowest BCUT2D eigenvalue weighted by molar-refractivity contribution is 0.104. The van der Waals surface area contributed by atoms with Gasteiger partial charge in [0.25, 0.3) is 0 Å². The van der Waals surface area contributed by atoms with E-state index in [4.69, 9.17) is 0 Å². The van der Waals surface area contributed by atoms with Gasteiger partial charge in [-0.15, -0.1) is 0 Å². The Morgan fingerprint density at radius 2 is 1.59 bits per heavy atom. The molecule has 4 aromatic rings. The summed E-state index contributed by atoms with van der Waals surface area (Å²) in [5, 5.41) is 5.49. The molecule has 0 saturated carbocycles. The average molecular weight is 350 g/mol. The number of hydrogen-bond acceptors (Lipinski definition) is 3. The van der Waals surface area contributed by atoms with Gasteiger partial charge >= 0.3 is 0 Å². The van der Waals surface area contributed by atoms with Crippen LogP contribution >= 0.6 is 0 Å². The van der Waals surface area contributed by atoms with Crippen LogP contribution in [0.3, 0.4) is 0 Å². The first-order valence-corrected chi connectivity index (χ1v) is 9.03. The highest BCUT2D eigenvalue weighted by molar-refractivity contribution is 6.26.